The molecule has 0 amide bonds. The molecule has 0 bridgehead atoms. The molecule has 0 saturated heterocycles. The molecule has 87 valence electrons. The number of fused-ring (bicyclic) bond motifs is 1. The second kappa shape index (κ2) is 5.62. The highest BCUT2D eigenvalue weighted by Gasteiger charge is 2.04. The first-order valence-electron chi connectivity index (χ1n) is 6.09. The Labute approximate surface area is 102 Å². The summed E-state index contributed by atoms with van der Waals surface area (Å²) in [5.74, 6) is 0.313. The molecule has 0 heterocycles. The second-order valence-electron chi connectivity index (χ2n) is 4.28. The fraction of sp³-hybridized carbons (Fsp3) is 0.250. The van der Waals surface area contributed by atoms with E-state index in [1.165, 1.54) is 16.3 Å². The minimum Gasteiger partial charge on any atom is -0.300 e. The Balaban J connectivity index is 2.16. The molecule has 2 aromatic carbocycles. The van der Waals surface area contributed by atoms with Crippen LogP contribution in [0.25, 0.3) is 10.8 Å². The summed E-state index contributed by atoms with van der Waals surface area (Å²) in [5, 5.41) is 2.51. The zero-order chi connectivity index (χ0) is 12.1. The summed E-state index contributed by atoms with van der Waals surface area (Å²) < 4.78 is 0. The van der Waals surface area contributed by atoms with Gasteiger partial charge in [0.25, 0.3) is 0 Å². The molecule has 0 atom stereocenters. The van der Waals surface area contributed by atoms with Crippen molar-refractivity contribution < 1.29 is 4.79 Å². The van der Waals surface area contributed by atoms with Crippen molar-refractivity contribution in [1.29, 1.82) is 0 Å². The topological polar surface area (TPSA) is 17.1 Å². The predicted molar refractivity (Wildman–Crippen MR) is 71.9 cm³/mol. The van der Waals surface area contributed by atoms with Crippen LogP contribution in [0.1, 0.15) is 24.8 Å². The van der Waals surface area contributed by atoms with Crippen molar-refractivity contribution in [2.75, 3.05) is 0 Å². The van der Waals surface area contributed by atoms with Gasteiger partial charge in [-0.1, -0.05) is 49.4 Å². The van der Waals surface area contributed by atoms with E-state index >= 15 is 0 Å². The number of benzene rings is 2. The lowest BCUT2D eigenvalue weighted by molar-refractivity contribution is -0.118. The quantitative estimate of drug-likeness (QED) is 0.752. The largest absolute Gasteiger partial charge is 0.300 e. The number of carbonyl (C=O) groups is 1. The van der Waals surface area contributed by atoms with Gasteiger partial charge in [-0.05, 0) is 29.2 Å². The van der Waals surface area contributed by atoms with E-state index in [1.807, 2.05) is 12.1 Å². The van der Waals surface area contributed by atoms with Gasteiger partial charge in [-0.2, -0.15) is 0 Å². The third-order valence-electron chi connectivity index (χ3n) is 3.01. The lowest BCUT2D eigenvalue weighted by Crippen LogP contribution is -1.99. The maximum absolute atomic E-state index is 11.5. The third kappa shape index (κ3) is 2.94. The van der Waals surface area contributed by atoms with Crippen molar-refractivity contribution in [3.8, 4) is 0 Å². The van der Waals surface area contributed by atoms with E-state index in [0.29, 0.717) is 25.0 Å². The zero-order valence-electron chi connectivity index (χ0n) is 9.99. The lowest BCUT2D eigenvalue weighted by Gasteiger charge is -2.05. The van der Waals surface area contributed by atoms with Crippen LogP contribution < -0.4 is 0 Å². The first kappa shape index (κ1) is 11.8. The Morgan fingerprint density at radius 1 is 1.00 bits per heavy atom. The van der Waals surface area contributed by atoms with Crippen molar-refractivity contribution in [3.05, 3.63) is 55.0 Å². The van der Waals surface area contributed by atoms with Crippen LogP contribution in [0, 0.1) is 6.92 Å². The molecule has 2 rings (SSSR count). The molecule has 0 aliphatic rings. The highest BCUT2D eigenvalue weighted by molar-refractivity contribution is 5.86. The minimum atomic E-state index is 0.313. The maximum atomic E-state index is 11.5. The van der Waals surface area contributed by atoms with Crippen LogP contribution >= 0.6 is 0 Å². The normalized spacial score (nSPS) is 10.6. The van der Waals surface area contributed by atoms with Gasteiger partial charge in [0, 0.05) is 12.8 Å². The highest BCUT2D eigenvalue weighted by atomic mass is 16.1. The Kier molecular flexibility index (Phi) is 3.92. The molecular formula is C16H17O. The van der Waals surface area contributed by atoms with Crippen molar-refractivity contribution in [1.82, 2.24) is 0 Å². The summed E-state index contributed by atoms with van der Waals surface area (Å²) in [5.41, 5.74) is 1.26. The van der Waals surface area contributed by atoms with Gasteiger partial charge in [-0.15, -0.1) is 0 Å². The van der Waals surface area contributed by atoms with Crippen molar-refractivity contribution in [3.63, 3.8) is 0 Å². The van der Waals surface area contributed by atoms with Gasteiger partial charge in [0.15, 0.2) is 0 Å². The smallest absolute Gasteiger partial charge is 0.133 e. The molecule has 1 nitrogen and oxygen atoms in total. The molecule has 1 heteroatoms. The summed E-state index contributed by atoms with van der Waals surface area (Å²) in [6.45, 7) is 3.71. The van der Waals surface area contributed by atoms with E-state index in [9.17, 15) is 4.79 Å². The summed E-state index contributed by atoms with van der Waals surface area (Å²) in [6, 6.07) is 14.6. The molecule has 17 heavy (non-hydrogen) atoms. The van der Waals surface area contributed by atoms with Crippen LogP contribution in [0.5, 0.6) is 0 Å². The molecular weight excluding hydrogens is 208 g/mol. The molecule has 0 aliphatic heterocycles. The van der Waals surface area contributed by atoms with Crippen LogP contribution in [0.3, 0.4) is 0 Å². The molecule has 2 aromatic rings. The number of ketones is 1. The van der Waals surface area contributed by atoms with Gasteiger partial charge in [-0.25, -0.2) is 0 Å². The highest BCUT2D eigenvalue weighted by Crippen LogP contribution is 2.19. The van der Waals surface area contributed by atoms with Gasteiger partial charge >= 0.3 is 0 Å². The third-order valence-corrected chi connectivity index (χ3v) is 3.01. The Morgan fingerprint density at radius 2 is 1.76 bits per heavy atom. The Morgan fingerprint density at radius 3 is 2.59 bits per heavy atom. The van der Waals surface area contributed by atoms with E-state index < -0.39 is 0 Å². The van der Waals surface area contributed by atoms with E-state index in [2.05, 4.69) is 37.3 Å². The lowest BCUT2D eigenvalue weighted by atomic mass is 9.99. The molecule has 0 N–H and O–H groups in total. The van der Waals surface area contributed by atoms with Crippen molar-refractivity contribution in [2.45, 2.75) is 25.7 Å². The number of aryl methyl sites for hydroxylation is 1. The SMILES string of the molecule is [CH2]CCC(=O)CCc1cccc2ccccc12. The zero-order valence-corrected chi connectivity index (χ0v) is 9.99. The van der Waals surface area contributed by atoms with E-state index in [-0.39, 0.29) is 0 Å². The van der Waals surface area contributed by atoms with Crippen LogP contribution in [0.4, 0.5) is 0 Å². The first-order valence-corrected chi connectivity index (χ1v) is 6.09. The fourth-order valence-corrected chi connectivity index (χ4v) is 2.11. The summed E-state index contributed by atoms with van der Waals surface area (Å²) in [6.07, 6.45) is 2.77. The van der Waals surface area contributed by atoms with Gasteiger partial charge in [0.1, 0.15) is 5.78 Å². The maximum Gasteiger partial charge on any atom is 0.133 e. The van der Waals surface area contributed by atoms with Crippen LogP contribution in [0.2, 0.25) is 0 Å². The standard InChI is InChI=1S/C16H17O/c1-2-6-15(17)12-11-14-9-5-8-13-7-3-4-10-16(13)14/h3-5,7-10H,1-2,6,11-12H2. The van der Waals surface area contributed by atoms with E-state index in [0.717, 1.165) is 6.42 Å². The predicted octanol–water partition coefficient (Wildman–Crippen LogP) is 3.96. The van der Waals surface area contributed by atoms with E-state index in [1.54, 1.807) is 0 Å². The van der Waals surface area contributed by atoms with Crippen molar-refractivity contribution >= 4 is 16.6 Å². The van der Waals surface area contributed by atoms with Crippen molar-refractivity contribution in [2.24, 2.45) is 0 Å². The van der Waals surface area contributed by atoms with Gasteiger partial charge in [0.05, 0.1) is 0 Å². The first-order chi connectivity index (χ1) is 8.31. The van der Waals surface area contributed by atoms with Crippen LogP contribution in [-0.2, 0) is 11.2 Å². The molecule has 1 radical (unpaired) electrons. The average Bonchev–Trinajstić information content (AvgIpc) is 2.36. The number of rotatable bonds is 5. The second-order valence-corrected chi connectivity index (χ2v) is 4.28. The number of hydrogen-bond acceptors (Lipinski definition) is 1. The average molecular weight is 225 g/mol. The minimum absolute atomic E-state index is 0.313. The van der Waals surface area contributed by atoms with Crippen LogP contribution in [0.15, 0.2) is 42.5 Å². The fourth-order valence-electron chi connectivity index (χ4n) is 2.11. The summed E-state index contributed by atoms with van der Waals surface area (Å²) in [7, 11) is 0. The molecule has 0 unspecified atom stereocenters. The monoisotopic (exact) mass is 225 g/mol. The summed E-state index contributed by atoms with van der Waals surface area (Å²) >= 11 is 0. The molecule has 0 fully saturated rings. The van der Waals surface area contributed by atoms with Gasteiger partial charge in [0.2, 0.25) is 0 Å². The number of carbonyl (C=O) groups excluding carboxylic acids is 1. The Hall–Kier alpha value is -1.63. The summed E-state index contributed by atoms with van der Waals surface area (Å²) in [4.78, 5) is 11.5. The molecule has 0 aromatic heterocycles. The number of hydrogen-bond donors (Lipinski definition) is 0. The van der Waals surface area contributed by atoms with E-state index in [4.69, 9.17) is 0 Å². The molecule has 0 spiro atoms. The molecule has 0 aliphatic carbocycles. The Bertz CT molecular complexity index is 508. The van der Waals surface area contributed by atoms with Gasteiger partial charge in [-0.3, -0.25) is 4.79 Å². The molecule has 0 saturated carbocycles. The van der Waals surface area contributed by atoms with Crippen LogP contribution in [-0.4, -0.2) is 5.78 Å². The number of Topliss-reactive ketones (excluding diaryl/α,β-unsaturated/α-hetero) is 1. The van der Waals surface area contributed by atoms with Gasteiger partial charge < -0.3 is 0 Å².